The zero-order valence-electron chi connectivity index (χ0n) is 13.3. The van der Waals surface area contributed by atoms with Crippen LogP contribution in [0.1, 0.15) is 26.1 Å². The van der Waals surface area contributed by atoms with Gasteiger partial charge in [-0.2, -0.15) is 0 Å². The Balaban J connectivity index is 0.00000176. The molecule has 0 radical (unpaired) electrons. The molecule has 0 bridgehead atoms. The Morgan fingerprint density at radius 1 is 1.41 bits per heavy atom. The van der Waals surface area contributed by atoms with Crippen molar-refractivity contribution in [3.8, 4) is 0 Å². The highest BCUT2D eigenvalue weighted by Crippen LogP contribution is 2.29. The first-order chi connectivity index (χ1) is 9.87. The minimum absolute atomic E-state index is 0. The summed E-state index contributed by atoms with van der Waals surface area (Å²) >= 11 is 6.05. The second-order valence-corrected chi connectivity index (χ2v) is 7.25. The summed E-state index contributed by atoms with van der Waals surface area (Å²) in [5.41, 5.74) is 8.47. The standard InChI is InChI=1S/C16H23ClN4.ClH/c1-16(2)10-21(7-6-14(16)18)9-15-19-12-8-11(17)4-5-13(12)20(15)3;/h4-5,8,14H,6-7,9-10,18H2,1-3H3;1H. The van der Waals surface area contributed by atoms with Crippen LogP contribution in [0.25, 0.3) is 11.0 Å². The molecule has 0 aliphatic carbocycles. The number of benzene rings is 1. The van der Waals surface area contributed by atoms with Crippen LogP contribution in [0.4, 0.5) is 0 Å². The van der Waals surface area contributed by atoms with E-state index in [1.165, 1.54) is 0 Å². The van der Waals surface area contributed by atoms with E-state index in [9.17, 15) is 0 Å². The summed E-state index contributed by atoms with van der Waals surface area (Å²) in [6.07, 6.45) is 1.04. The predicted molar refractivity (Wildman–Crippen MR) is 94.6 cm³/mol. The summed E-state index contributed by atoms with van der Waals surface area (Å²) in [4.78, 5) is 7.19. The molecule has 22 heavy (non-hydrogen) atoms. The first-order valence-corrected chi connectivity index (χ1v) is 7.83. The third kappa shape index (κ3) is 3.25. The molecule has 1 fully saturated rings. The highest BCUT2D eigenvalue weighted by Gasteiger charge is 2.33. The van der Waals surface area contributed by atoms with Gasteiger partial charge in [-0.1, -0.05) is 25.4 Å². The Hall–Kier alpha value is -0.810. The monoisotopic (exact) mass is 342 g/mol. The van der Waals surface area contributed by atoms with Crippen LogP contribution in [0.15, 0.2) is 18.2 Å². The number of halogens is 2. The molecule has 0 amide bonds. The van der Waals surface area contributed by atoms with E-state index >= 15 is 0 Å². The molecule has 0 saturated carbocycles. The number of fused-ring (bicyclic) bond motifs is 1. The number of aryl methyl sites for hydroxylation is 1. The molecule has 2 heterocycles. The molecule has 1 atom stereocenters. The van der Waals surface area contributed by atoms with Gasteiger partial charge in [-0.25, -0.2) is 4.98 Å². The minimum atomic E-state index is 0. The van der Waals surface area contributed by atoms with Crippen molar-refractivity contribution in [2.45, 2.75) is 32.9 Å². The van der Waals surface area contributed by atoms with Crippen LogP contribution < -0.4 is 5.73 Å². The number of hydrogen-bond acceptors (Lipinski definition) is 3. The van der Waals surface area contributed by atoms with E-state index in [-0.39, 0.29) is 23.9 Å². The van der Waals surface area contributed by atoms with E-state index in [2.05, 4.69) is 30.4 Å². The molecule has 1 aromatic heterocycles. The van der Waals surface area contributed by atoms with Gasteiger partial charge >= 0.3 is 0 Å². The normalized spacial score (nSPS) is 21.8. The lowest BCUT2D eigenvalue weighted by molar-refractivity contribution is 0.0873. The van der Waals surface area contributed by atoms with Crippen LogP contribution in [0.3, 0.4) is 0 Å². The zero-order valence-corrected chi connectivity index (χ0v) is 14.9. The van der Waals surface area contributed by atoms with Gasteiger partial charge in [0.1, 0.15) is 5.82 Å². The molecule has 1 aromatic carbocycles. The Labute approximate surface area is 143 Å². The average Bonchev–Trinajstić information content (AvgIpc) is 2.70. The van der Waals surface area contributed by atoms with Gasteiger partial charge in [-0.3, -0.25) is 4.90 Å². The number of hydrogen-bond donors (Lipinski definition) is 1. The topological polar surface area (TPSA) is 47.1 Å². The zero-order chi connectivity index (χ0) is 15.2. The Morgan fingerprint density at radius 2 is 2.14 bits per heavy atom. The molecule has 0 spiro atoms. The van der Waals surface area contributed by atoms with Crippen molar-refractivity contribution in [2.75, 3.05) is 13.1 Å². The fourth-order valence-corrected chi connectivity index (χ4v) is 3.35. The van der Waals surface area contributed by atoms with Gasteiger partial charge in [-0.15, -0.1) is 12.4 Å². The van der Waals surface area contributed by atoms with Gasteiger partial charge in [-0.05, 0) is 30.0 Å². The van der Waals surface area contributed by atoms with E-state index in [0.717, 1.165) is 47.9 Å². The molecule has 6 heteroatoms. The quantitative estimate of drug-likeness (QED) is 0.911. The van der Waals surface area contributed by atoms with Gasteiger partial charge in [0.25, 0.3) is 0 Å². The third-order valence-electron chi connectivity index (χ3n) is 4.69. The Kier molecular flexibility index (Phi) is 5.07. The lowest BCUT2D eigenvalue weighted by Crippen LogP contribution is -2.52. The highest BCUT2D eigenvalue weighted by atomic mass is 35.5. The third-order valence-corrected chi connectivity index (χ3v) is 4.93. The maximum Gasteiger partial charge on any atom is 0.123 e. The van der Waals surface area contributed by atoms with E-state index in [1.807, 2.05) is 18.2 Å². The average molecular weight is 343 g/mol. The van der Waals surface area contributed by atoms with Gasteiger partial charge in [0.05, 0.1) is 17.6 Å². The minimum Gasteiger partial charge on any atom is -0.330 e. The van der Waals surface area contributed by atoms with Crippen molar-refractivity contribution in [3.63, 3.8) is 0 Å². The van der Waals surface area contributed by atoms with Gasteiger partial charge in [0, 0.05) is 31.2 Å². The van der Waals surface area contributed by atoms with Crippen LogP contribution in [-0.4, -0.2) is 33.6 Å². The second kappa shape index (κ2) is 6.36. The van der Waals surface area contributed by atoms with Gasteiger partial charge in [0.2, 0.25) is 0 Å². The predicted octanol–water partition coefficient (Wildman–Crippen LogP) is 3.21. The van der Waals surface area contributed by atoms with Crippen molar-refractivity contribution in [2.24, 2.45) is 18.2 Å². The number of piperidine rings is 1. The SMILES string of the molecule is Cl.Cn1c(CN2CCC(N)C(C)(C)C2)nc2cc(Cl)ccc21. The number of rotatable bonds is 2. The number of aromatic nitrogens is 2. The number of likely N-dealkylation sites (tertiary alicyclic amines) is 1. The van der Waals surface area contributed by atoms with Gasteiger partial charge in [0.15, 0.2) is 0 Å². The molecule has 2 aromatic rings. The second-order valence-electron chi connectivity index (χ2n) is 6.81. The highest BCUT2D eigenvalue weighted by molar-refractivity contribution is 6.31. The molecule has 1 unspecified atom stereocenters. The summed E-state index contributed by atoms with van der Waals surface area (Å²) in [5, 5.41) is 0.734. The molecule has 3 rings (SSSR count). The summed E-state index contributed by atoms with van der Waals surface area (Å²) in [6, 6.07) is 6.16. The summed E-state index contributed by atoms with van der Waals surface area (Å²) in [5.74, 6) is 1.08. The van der Waals surface area contributed by atoms with E-state index in [1.54, 1.807) is 0 Å². The lowest BCUT2D eigenvalue weighted by atomic mass is 9.80. The molecular formula is C16H24Cl2N4. The van der Waals surface area contributed by atoms with Crippen molar-refractivity contribution in [1.29, 1.82) is 0 Å². The van der Waals surface area contributed by atoms with Crippen LogP contribution in [0, 0.1) is 5.41 Å². The van der Waals surface area contributed by atoms with E-state index in [4.69, 9.17) is 22.3 Å². The molecule has 122 valence electrons. The Bertz CT molecular complexity index is 665. The largest absolute Gasteiger partial charge is 0.330 e. The molecule has 2 N–H and O–H groups in total. The molecule has 1 saturated heterocycles. The lowest BCUT2D eigenvalue weighted by Gasteiger charge is -2.42. The maximum absolute atomic E-state index is 6.21. The molecule has 1 aliphatic heterocycles. The fourth-order valence-electron chi connectivity index (χ4n) is 3.18. The Morgan fingerprint density at radius 3 is 2.82 bits per heavy atom. The smallest absolute Gasteiger partial charge is 0.123 e. The van der Waals surface area contributed by atoms with E-state index in [0.29, 0.717) is 0 Å². The summed E-state index contributed by atoms with van der Waals surface area (Å²) in [7, 11) is 2.07. The van der Waals surface area contributed by atoms with Crippen LogP contribution >= 0.6 is 24.0 Å². The first-order valence-electron chi connectivity index (χ1n) is 7.45. The molecule has 4 nitrogen and oxygen atoms in total. The number of nitrogens with zero attached hydrogens (tertiary/aromatic N) is 3. The summed E-state index contributed by atoms with van der Waals surface area (Å²) < 4.78 is 2.16. The fraction of sp³-hybridized carbons (Fsp3) is 0.562. The first kappa shape index (κ1) is 17.5. The van der Waals surface area contributed by atoms with Crippen LogP contribution in [0.5, 0.6) is 0 Å². The summed E-state index contributed by atoms with van der Waals surface area (Å²) in [6.45, 7) is 7.41. The maximum atomic E-state index is 6.21. The van der Waals surface area contributed by atoms with E-state index < -0.39 is 0 Å². The van der Waals surface area contributed by atoms with Crippen molar-refractivity contribution >= 4 is 35.0 Å². The van der Waals surface area contributed by atoms with Crippen LogP contribution in [-0.2, 0) is 13.6 Å². The van der Waals surface area contributed by atoms with Crippen molar-refractivity contribution in [3.05, 3.63) is 29.0 Å². The molecular weight excluding hydrogens is 319 g/mol. The number of imidazole rings is 1. The number of nitrogens with two attached hydrogens (primary N) is 1. The van der Waals surface area contributed by atoms with Crippen molar-refractivity contribution in [1.82, 2.24) is 14.5 Å². The van der Waals surface area contributed by atoms with Gasteiger partial charge < -0.3 is 10.3 Å². The van der Waals surface area contributed by atoms with Crippen LogP contribution in [0.2, 0.25) is 5.02 Å². The van der Waals surface area contributed by atoms with Crippen molar-refractivity contribution < 1.29 is 0 Å². The molecule has 1 aliphatic rings.